The summed E-state index contributed by atoms with van der Waals surface area (Å²) in [5, 5.41) is 9.21. The van der Waals surface area contributed by atoms with E-state index >= 15 is 0 Å². The van der Waals surface area contributed by atoms with Gasteiger partial charge in [0.05, 0.1) is 0 Å². The number of carbonyl (C=O) groups excluding carboxylic acids is 1. The van der Waals surface area contributed by atoms with E-state index in [1.165, 1.54) is 19.3 Å². The predicted octanol–water partition coefficient (Wildman–Crippen LogP) is 4.10. The number of carbonyl (C=O) groups is 1. The summed E-state index contributed by atoms with van der Waals surface area (Å²) in [6.45, 7) is 12.0. The van der Waals surface area contributed by atoms with E-state index < -0.39 is 5.60 Å². The van der Waals surface area contributed by atoms with E-state index in [1.807, 2.05) is 20.8 Å². The molecule has 1 saturated carbocycles. The van der Waals surface area contributed by atoms with Gasteiger partial charge in [-0.2, -0.15) is 0 Å². The van der Waals surface area contributed by atoms with Crippen molar-refractivity contribution in [2.24, 2.45) is 17.8 Å². The van der Waals surface area contributed by atoms with Gasteiger partial charge in [-0.05, 0) is 64.2 Å². The zero-order chi connectivity index (χ0) is 16.0. The highest BCUT2D eigenvalue weighted by molar-refractivity contribution is 5.87. The summed E-state index contributed by atoms with van der Waals surface area (Å²) < 4.78 is 5.33. The van der Waals surface area contributed by atoms with Gasteiger partial charge in [-0.25, -0.2) is 4.79 Å². The van der Waals surface area contributed by atoms with E-state index in [2.05, 4.69) is 13.5 Å². The molecule has 0 spiro atoms. The van der Waals surface area contributed by atoms with E-state index in [0.29, 0.717) is 36.4 Å². The van der Waals surface area contributed by atoms with Crippen LogP contribution in [-0.2, 0) is 9.53 Å². The highest BCUT2D eigenvalue weighted by Crippen LogP contribution is 2.47. The Morgan fingerprint density at radius 3 is 2.52 bits per heavy atom. The normalized spacial score (nSPS) is 22.7. The van der Waals surface area contributed by atoms with E-state index in [1.54, 1.807) is 0 Å². The number of aliphatic hydroxyl groups is 1. The Hall–Kier alpha value is -0.830. The first-order valence-corrected chi connectivity index (χ1v) is 8.30. The van der Waals surface area contributed by atoms with Gasteiger partial charge >= 0.3 is 5.97 Å². The third-order valence-electron chi connectivity index (χ3n) is 4.22. The number of aliphatic hydroxyl groups excluding tert-OH is 1. The van der Waals surface area contributed by atoms with Gasteiger partial charge in [0.1, 0.15) is 5.60 Å². The Morgan fingerprint density at radius 1 is 1.38 bits per heavy atom. The highest BCUT2D eigenvalue weighted by Gasteiger charge is 2.41. The van der Waals surface area contributed by atoms with Gasteiger partial charge < -0.3 is 9.84 Å². The lowest BCUT2D eigenvalue weighted by Crippen LogP contribution is -2.24. The van der Waals surface area contributed by atoms with Crippen LogP contribution in [0.5, 0.6) is 0 Å². The second-order valence-electron chi connectivity index (χ2n) is 7.39. The molecule has 0 amide bonds. The molecular formula is C18H32O3. The molecule has 0 aliphatic heterocycles. The molecule has 0 saturated heterocycles. The summed E-state index contributed by atoms with van der Waals surface area (Å²) in [5.41, 5.74) is 0.127. The fourth-order valence-corrected chi connectivity index (χ4v) is 3.03. The Labute approximate surface area is 129 Å². The molecule has 21 heavy (non-hydrogen) atoms. The van der Waals surface area contributed by atoms with Gasteiger partial charge in [0.25, 0.3) is 0 Å². The Bertz CT molecular complexity index is 354. The average molecular weight is 296 g/mol. The number of ether oxygens (including phenoxy) is 1. The average Bonchev–Trinajstić information content (AvgIpc) is 3.14. The fourth-order valence-electron chi connectivity index (χ4n) is 3.03. The lowest BCUT2D eigenvalue weighted by molar-refractivity contribution is -0.150. The van der Waals surface area contributed by atoms with Crippen LogP contribution in [0.15, 0.2) is 12.2 Å². The van der Waals surface area contributed by atoms with Crippen molar-refractivity contribution >= 4 is 5.97 Å². The summed E-state index contributed by atoms with van der Waals surface area (Å²) in [4.78, 5) is 11.8. The highest BCUT2D eigenvalue weighted by atomic mass is 16.6. The summed E-state index contributed by atoms with van der Waals surface area (Å²) in [6, 6.07) is 0. The van der Waals surface area contributed by atoms with Gasteiger partial charge in [0.15, 0.2) is 0 Å². The Balaban J connectivity index is 2.30. The minimum atomic E-state index is -0.451. The van der Waals surface area contributed by atoms with Crippen molar-refractivity contribution in [3.05, 3.63) is 12.2 Å². The largest absolute Gasteiger partial charge is 0.457 e. The number of hydrogen-bond donors (Lipinski definition) is 1. The van der Waals surface area contributed by atoms with Crippen LogP contribution in [0.2, 0.25) is 0 Å². The van der Waals surface area contributed by atoms with Crippen LogP contribution in [0.4, 0.5) is 0 Å². The van der Waals surface area contributed by atoms with Crippen LogP contribution < -0.4 is 0 Å². The first-order valence-electron chi connectivity index (χ1n) is 8.30. The van der Waals surface area contributed by atoms with E-state index in [0.717, 1.165) is 12.8 Å². The third kappa shape index (κ3) is 6.64. The molecular weight excluding hydrogens is 264 g/mol. The Morgan fingerprint density at radius 2 is 2.05 bits per heavy atom. The van der Waals surface area contributed by atoms with Crippen LogP contribution in [0.1, 0.15) is 66.2 Å². The first kappa shape index (κ1) is 18.2. The molecule has 3 unspecified atom stereocenters. The minimum Gasteiger partial charge on any atom is -0.457 e. The van der Waals surface area contributed by atoms with Crippen LogP contribution in [-0.4, -0.2) is 23.3 Å². The van der Waals surface area contributed by atoms with Gasteiger partial charge in [-0.15, -0.1) is 0 Å². The quantitative estimate of drug-likeness (QED) is 0.515. The molecule has 1 N–H and O–H groups in total. The molecule has 0 heterocycles. The third-order valence-corrected chi connectivity index (χ3v) is 4.22. The monoisotopic (exact) mass is 296 g/mol. The van der Waals surface area contributed by atoms with Crippen molar-refractivity contribution < 1.29 is 14.6 Å². The van der Waals surface area contributed by atoms with E-state index in [9.17, 15) is 9.90 Å². The SMILES string of the molecule is C=C(CCCC(CCC)C1CC1CO)C(=O)OC(C)(C)C. The lowest BCUT2D eigenvalue weighted by atomic mass is 9.90. The molecule has 1 rings (SSSR count). The van der Waals surface area contributed by atoms with Crippen molar-refractivity contribution in [1.29, 1.82) is 0 Å². The van der Waals surface area contributed by atoms with Gasteiger partial charge in [-0.3, -0.25) is 0 Å². The predicted molar refractivity (Wildman–Crippen MR) is 85.9 cm³/mol. The molecule has 122 valence electrons. The number of esters is 1. The molecule has 0 aromatic rings. The zero-order valence-electron chi connectivity index (χ0n) is 14.2. The standard InChI is InChI=1S/C18H32O3/c1-6-8-14(16-11-15(16)12-19)10-7-9-13(2)17(20)21-18(3,4)5/h14-16,19H,2,6-12H2,1,3-5H3. The summed E-state index contributed by atoms with van der Waals surface area (Å²) >= 11 is 0. The van der Waals surface area contributed by atoms with E-state index in [4.69, 9.17) is 4.74 Å². The molecule has 1 aliphatic carbocycles. The fraction of sp³-hybridized carbons (Fsp3) is 0.833. The maximum absolute atomic E-state index is 11.8. The second kappa shape index (κ2) is 7.98. The number of hydrogen-bond acceptors (Lipinski definition) is 3. The van der Waals surface area contributed by atoms with Crippen molar-refractivity contribution in [2.45, 2.75) is 71.8 Å². The molecule has 0 aromatic heterocycles. The van der Waals surface area contributed by atoms with Crippen LogP contribution in [0.25, 0.3) is 0 Å². The molecule has 0 bridgehead atoms. The topological polar surface area (TPSA) is 46.5 Å². The van der Waals surface area contributed by atoms with E-state index in [-0.39, 0.29) is 5.97 Å². The molecule has 3 nitrogen and oxygen atoms in total. The molecule has 1 aliphatic rings. The molecule has 3 heteroatoms. The Kier molecular flexibility index (Phi) is 6.92. The van der Waals surface area contributed by atoms with Crippen molar-refractivity contribution in [3.8, 4) is 0 Å². The molecule has 3 atom stereocenters. The maximum Gasteiger partial charge on any atom is 0.333 e. The number of rotatable bonds is 9. The van der Waals surface area contributed by atoms with Crippen molar-refractivity contribution in [3.63, 3.8) is 0 Å². The molecule has 1 fully saturated rings. The summed E-state index contributed by atoms with van der Waals surface area (Å²) in [5.74, 6) is 1.65. The second-order valence-corrected chi connectivity index (χ2v) is 7.39. The summed E-state index contributed by atoms with van der Waals surface area (Å²) in [7, 11) is 0. The minimum absolute atomic E-state index is 0.269. The smallest absolute Gasteiger partial charge is 0.333 e. The van der Waals surface area contributed by atoms with Crippen LogP contribution >= 0.6 is 0 Å². The van der Waals surface area contributed by atoms with Crippen LogP contribution in [0.3, 0.4) is 0 Å². The first-order chi connectivity index (χ1) is 9.78. The van der Waals surface area contributed by atoms with Crippen LogP contribution in [0, 0.1) is 17.8 Å². The molecule has 0 aromatic carbocycles. The van der Waals surface area contributed by atoms with Gasteiger partial charge in [-0.1, -0.05) is 26.3 Å². The summed E-state index contributed by atoms with van der Waals surface area (Å²) in [6.07, 6.45) is 6.40. The van der Waals surface area contributed by atoms with Gasteiger partial charge in [0, 0.05) is 12.2 Å². The van der Waals surface area contributed by atoms with Crippen molar-refractivity contribution in [1.82, 2.24) is 0 Å². The molecule has 0 radical (unpaired) electrons. The van der Waals surface area contributed by atoms with Crippen molar-refractivity contribution in [2.75, 3.05) is 6.61 Å². The van der Waals surface area contributed by atoms with Gasteiger partial charge in [0.2, 0.25) is 0 Å². The lowest BCUT2D eigenvalue weighted by Gasteiger charge is -2.20. The maximum atomic E-state index is 11.8. The zero-order valence-corrected chi connectivity index (χ0v) is 14.2.